The minimum Gasteiger partial charge on any atom is -0.479 e. The molecule has 0 unspecified atom stereocenters. The lowest BCUT2D eigenvalue weighted by atomic mass is 10.4. The van der Waals surface area contributed by atoms with Gasteiger partial charge in [0.2, 0.25) is 0 Å². The van der Waals surface area contributed by atoms with Gasteiger partial charge in [-0.25, -0.2) is 13.6 Å². The van der Waals surface area contributed by atoms with Crippen molar-refractivity contribution in [3.63, 3.8) is 0 Å². The largest absolute Gasteiger partial charge is 0.479 e. The Morgan fingerprint density at radius 1 is 1.71 bits per heavy atom. The number of carboxylic acids is 1. The molecule has 0 aromatic rings. The van der Waals surface area contributed by atoms with Gasteiger partial charge < -0.3 is 5.11 Å². The molecule has 0 aliphatic carbocycles. The van der Waals surface area contributed by atoms with Gasteiger partial charge in [-0.1, -0.05) is 0 Å². The third kappa shape index (κ3) is 2.08. The van der Waals surface area contributed by atoms with Crippen LogP contribution in [0, 0.1) is 6.17 Å². The van der Waals surface area contributed by atoms with Crippen LogP contribution in [0.2, 0.25) is 0 Å². The van der Waals surface area contributed by atoms with Gasteiger partial charge in [0.1, 0.15) is 6.67 Å². The van der Waals surface area contributed by atoms with E-state index in [1.54, 1.807) is 0 Å². The molecule has 0 aliphatic rings. The zero-order chi connectivity index (χ0) is 5.86. The van der Waals surface area contributed by atoms with Gasteiger partial charge in [0, 0.05) is 0 Å². The maximum atomic E-state index is 11.2. The number of carboxylic acid groups (broad SMARTS) is 1. The summed E-state index contributed by atoms with van der Waals surface area (Å²) in [5.41, 5.74) is 0. The summed E-state index contributed by atoms with van der Waals surface area (Å²) in [6, 6.07) is 0. The number of rotatable bonds is 2. The lowest BCUT2D eigenvalue weighted by Crippen LogP contribution is -2.06. The van der Waals surface area contributed by atoms with E-state index < -0.39 is 18.8 Å². The first kappa shape index (κ1) is 6.33. The predicted octanol–water partition coefficient (Wildman–Crippen LogP) is 0.542. The summed E-state index contributed by atoms with van der Waals surface area (Å²) in [4.78, 5) is 9.28. The molecule has 4 heteroatoms. The third-order valence-corrected chi connectivity index (χ3v) is 0.349. The fourth-order valence-corrected chi connectivity index (χ4v) is 0.0572. The second-order valence-electron chi connectivity index (χ2n) is 0.844. The highest BCUT2D eigenvalue weighted by molar-refractivity contribution is 5.80. The zero-order valence-electron chi connectivity index (χ0n) is 3.32. The van der Waals surface area contributed by atoms with Crippen molar-refractivity contribution in [2.75, 3.05) is 6.67 Å². The van der Waals surface area contributed by atoms with Gasteiger partial charge in [0.05, 0.1) is 0 Å². The molecule has 0 rings (SSSR count). The minimum atomic E-state index is -1.83. The van der Waals surface area contributed by atoms with Crippen LogP contribution in [0.25, 0.3) is 0 Å². The summed E-state index contributed by atoms with van der Waals surface area (Å²) in [6.45, 7) is -1.53. The molecule has 7 heavy (non-hydrogen) atoms. The summed E-state index contributed by atoms with van der Waals surface area (Å²) in [5.74, 6) is -1.83. The summed E-state index contributed by atoms with van der Waals surface area (Å²) in [7, 11) is 0. The van der Waals surface area contributed by atoms with Crippen LogP contribution in [-0.4, -0.2) is 17.8 Å². The molecule has 0 saturated carbocycles. The second-order valence-corrected chi connectivity index (χ2v) is 0.844. The Hall–Kier alpha value is -0.670. The van der Waals surface area contributed by atoms with Gasteiger partial charge in [-0.3, -0.25) is 0 Å². The van der Waals surface area contributed by atoms with E-state index in [0.29, 0.717) is 0 Å². The van der Waals surface area contributed by atoms with E-state index in [9.17, 15) is 13.6 Å². The van der Waals surface area contributed by atoms with Gasteiger partial charge in [0.15, 0.2) is 0 Å². The molecule has 0 fully saturated rings. The van der Waals surface area contributed by atoms with E-state index in [1.165, 1.54) is 0 Å². The molecule has 0 atom stereocenters. The molecule has 41 valence electrons. The van der Waals surface area contributed by atoms with Crippen LogP contribution in [0.3, 0.4) is 0 Å². The lowest BCUT2D eigenvalue weighted by molar-refractivity contribution is -0.137. The van der Waals surface area contributed by atoms with E-state index >= 15 is 0 Å². The SMILES string of the molecule is O=C(O)[C](F)CF. The highest BCUT2D eigenvalue weighted by atomic mass is 19.2. The molecule has 1 radical (unpaired) electrons. The van der Waals surface area contributed by atoms with Crippen molar-refractivity contribution in [1.29, 1.82) is 0 Å². The molecule has 0 bridgehead atoms. The molecule has 0 spiro atoms. The van der Waals surface area contributed by atoms with Crippen LogP contribution in [0.1, 0.15) is 0 Å². The van der Waals surface area contributed by atoms with Crippen molar-refractivity contribution in [1.82, 2.24) is 0 Å². The Bertz CT molecular complexity index is 73.3. The number of halogens is 2. The average molecular weight is 109 g/mol. The molecule has 0 aromatic heterocycles. The summed E-state index contributed by atoms with van der Waals surface area (Å²) in [5, 5.41) is 7.53. The maximum Gasteiger partial charge on any atom is 0.348 e. The third-order valence-electron chi connectivity index (χ3n) is 0.349. The van der Waals surface area contributed by atoms with Gasteiger partial charge >= 0.3 is 5.97 Å². The Kier molecular flexibility index (Phi) is 2.26. The molecule has 0 aromatic carbocycles. The summed E-state index contributed by atoms with van der Waals surface area (Å²) in [6.07, 6.45) is -1.65. The van der Waals surface area contributed by atoms with E-state index in [2.05, 4.69) is 0 Å². The summed E-state index contributed by atoms with van der Waals surface area (Å²) >= 11 is 0. The van der Waals surface area contributed by atoms with Crippen molar-refractivity contribution >= 4 is 5.97 Å². The fourth-order valence-electron chi connectivity index (χ4n) is 0.0572. The van der Waals surface area contributed by atoms with Crippen molar-refractivity contribution in [3.05, 3.63) is 6.17 Å². The second kappa shape index (κ2) is 2.49. The van der Waals surface area contributed by atoms with E-state index in [4.69, 9.17) is 5.11 Å². The van der Waals surface area contributed by atoms with Crippen molar-refractivity contribution in [2.24, 2.45) is 0 Å². The normalized spacial score (nSPS) is 9.57. The van der Waals surface area contributed by atoms with Crippen LogP contribution < -0.4 is 0 Å². The number of hydrogen-bond donors (Lipinski definition) is 1. The standard InChI is InChI=1S/C3H3F2O2/c4-1-2(5)3(6)7/h1H2,(H,6,7). The highest BCUT2D eigenvalue weighted by Gasteiger charge is 2.15. The van der Waals surface area contributed by atoms with Gasteiger partial charge in [-0.15, -0.1) is 0 Å². The van der Waals surface area contributed by atoms with Gasteiger partial charge in [-0.05, 0) is 0 Å². The molecule has 0 aliphatic heterocycles. The Morgan fingerprint density at radius 2 is 2.14 bits per heavy atom. The number of hydrogen-bond acceptors (Lipinski definition) is 1. The zero-order valence-corrected chi connectivity index (χ0v) is 3.32. The van der Waals surface area contributed by atoms with E-state index in [-0.39, 0.29) is 0 Å². The molecule has 0 amide bonds. The van der Waals surface area contributed by atoms with Crippen molar-refractivity contribution in [3.8, 4) is 0 Å². The Labute approximate surface area is 38.8 Å². The summed E-state index contributed by atoms with van der Waals surface area (Å²) < 4.78 is 22.0. The van der Waals surface area contributed by atoms with Crippen molar-refractivity contribution < 1.29 is 18.7 Å². The van der Waals surface area contributed by atoms with Crippen LogP contribution in [0.15, 0.2) is 0 Å². The maximum absolute atomic E-state index is 11.2. The number of alkyl halides is 1. The Balaban J connectivity index is 3.34. The molecule has 2 nitrogen and oxygen atoms in total. The molecule has 0 saturated heterocycles. The first-order chi connectivity index (χ1) is 3.18. The first-order valence-electron chi connectivity index (χ1n) is 1.49. The molecular weight excluding hydrogens is 106 g/mol. The monoisotopic (exact) mass is 109 g/mol. The minimum absolute atomic E-state index is 1.53. The number of carbonyl (C=O) groups is 1. The topological polar surface area (TPSA) is 37.3 Å². The molecule has 1 N–H and O–H groups in total. The fraction of sp³-hybridized carbons (Fsp3) is 0.333. The first-order valence-corrected chi connectivity index (χ1v) is 1.49. The Morgan fingerprint density at radius 3 is 2.14 bits per heavy atom. The average Bonchev–Trinajstić information content (AvgIpc) is 1.65. The quantitative estimate of drug-likeness (QED) is 0.562. The van der Waals surface area contributed by atoms with Crippen LogP contribution >= 0.6 is 0 Å². The molecular formula is C3H3F2O2. The van der Waals surface area contributed by atoms with E-state index in [0.717, 1.165) is 0 Å². The lowest BCUT2D eigenvalue weighted by Gasteiger charge is -1.87. The number of aliphatic carboxylic acids is 1. The predicted molar refractivity (Wildman–Crippen MR) is 18.0 cm³/mol. The van der Waals surface area contributed by atoms with Gasteiger partial charge in [0.25, 0.3) is 6.17 Å². The van der Waals surface area contributed by atoms with Gasteiger partial charge in [-0.2, -0.15) is 0 Å². The van der Waals surface area contributed by atoms with Crippen molar-refractivity contribution in [2.45, 2.75) is 0 Å². The smallest absolute Gasteiger partial charge is 0.348 e. The van der Waals surface area contributed by atoms with Crippen LogP contribution in [0.4, 0.5) is 8.78 Å². The van der Waals surface area contributed by atoms with Crippen LogP contribution in [-0.2, 0) is 4.79 Å². The van der Waals surface area contributed by atoms with Crippen LogP contribution in [0.5, 0.6) is 0 Å². The molecule has 0 heterocycles. The highest BCUT2D eigenvalue weighted by Crippen LogP contribution is 1.99. The van der Waals surface area contributed by atoms with E-state index in [1.807, 2.05) is 0 Å².